The minimum absolute atomic E-state index is 0.0600. The van der Waals surface area contributed by atoms with Gasteiger partial charge in [0.2, 0.25) is 15.8 Å². The van der Waals surface area contributed by atoms with E-state index in [0.29, 0.717) is 5.92 Å². The number of hydrogen-bond donors (Lipinski definition) is 0. The highest BCUT2D eigenvalue weighted by Crippen LogP contribution is 2.37. The summed E-state index contributed by atoms with van der Waals surface area (Å²) in [5.41, 5.74) is -0.878. The molecule has 0 amide bonds. The van der Waals surface area contributed by atoms with Crippen molar-refractivity contribution >= 4 is 15.7 Å². The van der Waals surface area contributed by atoms with E-state index >= 15 is 0 Å². The van der Waals surface area contributed by atoms with Gasteiger partial charge in [-0.2, -0.15) is 8.70 Å². The van der Waals surface area contributed by atoms with Crippen molar-refractivity contribution in [2.75, 3.05) is 7.05 Å². The molecule has 2 rings (SSSR count). The van der Waals surface area contributed by atoms with Gasteiger partial charge in [-0.1, -0.05) is 0 Å². The Labute approximate surface area is 122 Å². The summed E-state index contributed by atoms with van der Waals surface area (Å²) in [5.74, 6) is -0.682. The molecule has 0 aliphatic heterocycles. The summed E-state index contributed by atoms with van der Waals surface area (Å²) in [6.45, 7) is 3.12. The zero-order chi connectivity index (χ0) is 15.9. The molecule has 1 aliphatic rings. The van der Waals surface area contributed by atoms with Crippen LogP contribution in [0.25, 0.3) is 0 Å². The van der Waals surface area contributed by atoms with Gasteiger partial charge in [-0.15, -0.1) is 0 Å². The molecule has 0 bridgehead atoms. The monoisotopic (exact) mass is 316 g/mol. The summed E-state index contributed by atoms with van der Waals surface area (Å²) < 4.78 is 39.9. The third-order valence-corrected chi connectivity index (χ3v) is 5.88. The van der Waals surface area contributed by atoms with Crippen LogP contribution in [0.2, 0.25) is 0 Å². The Balaban J connectivity index is 2.47. The lowest BCUT2D eigenvalue weighted by Gasteiger charge is -2.24. The third-order valence-electron chi connectivity index (χ3n) is 3.96. The number of hydrogen-bond acceptors (Lipinski definition) is 4. The largest absolute Gasteiger partial charge is 0.306 e. The molecule has 0 N–H and O–H groups in total. The highest BCUT2D eigenvalue weighted by Gasteiger charge is 2.37. The van der Waals surface area contributed by atoms with Crippen molar-refractivity contribution in [3.63, 3.8) is 0 Å². The minimum Gasteiger partial charge on any atom is -0.258 e. The van der Waals surface area contributed by atoms with E-state index in [1.165, 1.54) is 18.3 Å². The van der Waals surface area contributed by atoms with Crippen molar-refractivity contribution < 1.29 is 17.7 Å². The SMILES string of the molecule is Cc1cc(S(=O)(=O)N(C)C(C)C2CC2)cc([N+](=O)[O-])c1F. The molecule has 1 atom stereocenters. The van der Waals surface area contributed by atoms with E-state index in [0.717, 1.165) is 25.0 Å². The number of aryl methyl sites for hydroxylation is 1. The Morgan fingerprint density at radius 1 is 1.43 bits per heavy atom. The summed E-state index contributed by atoms with van der Waals surface area (Å²) in [6, 6.07) is 1.74. The first-order valence-corrected chi connectivity index (χ1v) is 8.03. The van der Waals surface area contributed by atoms with Crippen LogP contribution in [-0.2, 0) is 10.0 Å². The Kier molecular flexibility index (Phi) is 4.03. The summed E-state index contributed by atoms with van der Waals surface area (Å²) in [6.07, 6.45) is 1.95. The first-order valence-electron chi connectivity index (χ1n) is 6.59. The maximum Gasteiger partial charge on any atom is 0.306 e. The number of halogens is 1. The molecular weight excluding hydrogens is 299 g/mol. The Morgan fingerprint density at radius 2 is 2.00 bits per heavy atom. The fourth-order valence-corrected chi connectivity index (χ4v) is 3.79. The molecule has 0 saturated heterocycles. The number of nitro groups is 1. The van der Waals surface area contributed by atoms with E-state index in [9.17, 15) is 22.9 Å². The van der Waals surface area contributed by atoms with Gasteiger partial charge < -0.3 is 0 Å². The van der Waals surface area contributed by atoms with Crippen molar-refractivity contribution in [3.8, 4) is 0 Å². The van der Waals surface area contributed by atoms with Gasteiger partial charge in [-0.3, -0.25) is 10.1 Å². The predicted octanol–water partition coefficient (Wildman–Crippen LogP) is 2.46. The molecule has 116 valence electrons. The van der Waals surface area contributed by atoms with Gasteiger partial charge in [-0.05, 0) is 44.2 Å². The van der Waals surface area contributed by atoms with Gasteiger partial charge >= 0.3 is 5.69 Å². The maximum absolute atomic E-state index is 13.7. The van der Waals surface area contributed by atoms with Crippen LogP contribution in [0.5, 0.6) is 0 Å². The van der Waals surface area contributed by atoms with E-state index in [1.54, 1.807) is 6.92 Å². The van der Waals surface area contributed by atoms with Crippen LogP contribution in [0, 0.1) is 28.8 Å². The van der Waals surface area contributed by atoms with E-state index < -0.39 is 26.5 Å². The highest BCUT2D eigenvalue weighted by molar-refractivity contribution is 7.89. The highest BCUT2D eigenvalue weighted by atomic mass is 32.2. The van der Waals surface area contributed by atoms with Crippen molar-refractivity contribution in [3.05, 3.63) is 33.6 Å². The van der Waals surface area contributed by atoms with Crippen LogP contribution < -0.4 is 0 Å². The smallest absolute Gasteiger partial charge is 0.258 e. The lowest BCUT2D eigenvalue weighted by atomic mass is 10.2. The van der Waals surface area contributed by atoms with Crippen LogP contribution in [0.15, 0.2) is 17.0 Å². The first-order chi connectivity index (χ1) is 9.66. The van der Waals surface area contributed by atoms with Crippen LogP contribution in [0.1, 0.15) is 25.3 Å². The van der Waals surface area contributed by atoms with E-state index in [4.69, 9.17) is 0 Å². The fourth-order valence-electron chi connectivity index (χ4n) is 2.26. The molecular formula is C13H17FN2O4S. The summed E-state index contributed by atoms with van der Waals surface area (Å²) >= 11 is 0. The quantitative estimate of drug-likeness (QED) is 0.617. The summed E-state index contributed by atoms with van der Waals surface area (Å²) in [5, 5.41) is 10.8. The van der Waals surface area contributed by atoms with Crippen LogP contribution in [-0.4, -0.2) is 30.7 Å². The zero-order valence-electron chi connectivity index (χ0n) is 12.0. The molecule has 1 fully saturated rings. The van der Waals surface area contributed by atoms with Crippen LogP contribution in [0.3, 0.4) is 0 Å². The molecule has 1 aliphatic carbocycles. The number of sulfonamides is 1. The molecule has 6 nitrogen and oxygen atoms in total. The van der Waals surface area contributed by atoms with Crippen molar-refractivity contribution in [1.29, 1.82) is 0 Å². The van der Waals surface area contributed by atoms with Gasteiger partial charge in [0.25, 0.3) is 0 Å². The lowest BCUT2D eigenvalue weighted by Crippen LogP contribution is -2.36. The molecule has 0 radical (unpaired) electrons. The summed E-state index contributed by atoms with van der Waals surface area (Å²) in [7, 11) is -2.43. The second kappa shape index (κ2) is 5.34. The Hall–Kier alpha value is -1.54. The molecule has 8 heteroatoms. The van der Waals surface area contributed by atoms with Crippen LogP contribution >= 0.6 is 0 Å². The number of nitrogens with zero attached hydrogens (tertiary/aromatic N) is 2. The molecule has 1 aromatic rings. The van der Waals surface area contributed by atoms with Gasteiger partial charge in [-0.25, -0.2) is 8.42 Å². The number of nitro benzene ring substituents is 1. The van der Waals surface area contributed by atoms with Gasteiger partial charge in [0.1, 0.15) is 0 Å². The van der Waals surface area contributed by atoms with Crippen molar-refractivity contribution in [2.24, 2.45) is 5.92 Å². The van der Waals surface area contributed by atoms with E-state index in [-0.39, 0.29) is 16.5 Å². The van der Waals surface area contributed by atoms with Gasteiger partial charge in [0, 0.05) is 19.2 Å². The normalized spacial score (nSPS) is 17.0. The molecule has 21 heavy (non-hydrogen) atoms. The molecule has 0 heterocycles. The molecule has 0 spiro atoms. The van der Waals surface area contributed by atoms with Crippen molar-refractivity contribution in [2.45, 2.75) is 37.6 Å². The average molecular weight is 316 g/mol. The van der Waals surface area contributed by atoms with E-state index in [1.807, 2.05) is 0 Å². The minimum atomic E-state index is -3.88. The van der Waals surface area contributed by atoms with Crippen molar-refractivity contribution in [1.82, 2.24) is 4.31 Å². The Morgan fingerprint density at radius 3 is 2.48 bits per heavy atom. The second-order valence-corrected chi connectivity index (χ2v) is 7.43. The van der Waals surface area contributed by atoms with Crippen LogP contribution in [0.4, 0.5) is 10.1 Å². The molecule has 0 aromatic heterocycles. The number of benzene rings is 1. The fraction of sp³-hybridized carbons (Fsp3) is 0.538. The first kappa shape index (κ1) is 15.8. The maximum atomic E-state index is 13.7. The number of rotatable bonds is 5. The van der Waals surface area contributed by atoms with Gasteiger partial charge in [0.05, 0.1) is 9.82 Å². The second-order valence-electron chi connectivity index (χ2n) is 5.43. The Bertz CT molecular complexity index is 686. The molecule has 1 aromatic carbocycles. The third kappa shape index (κ3) is 2.91. The molecule has 1 saturated carbocycles. The lowest BCUT2D eigenvalue weighted by molar-refractivity contribution is -0.387. The molecule has 1 unspecified atom stereocenters. The topological polar surface area (TPSA) is 80.5 Å². The van der Waals surface area contributed by atoms with E-state index in [2.05, 4.69) is 0 Å². The zero-order valence-corrected chi connectivity index (χ0v) is 12.9. The predicted molar refractivity (Wildman–Crippen MR) is 74.9 cm³/mol. The van der Waals surface area contributed by atoms with Gasteiger partial charge in [0.15, 0.2) is 0 Å². The standard InChI is InChI=1S/C13H17FN2O4S/c1-8-6-11(7-12(13(8)14)16(17)18)21(19,20)15(3)9(2)10-4-5-10/h6-7,9-10H,4-5H2,1-3H3. The summed E-state index contributed by atoms with van der Waals surface area (Å²) in [4.78, 5) is 9.67. The average Bonchev–Trinajstić information content (AvgIpc) is 3.23.